The quantitative estimate of drug-likeness (QED) is 0.750. The minimum Gasteiger partial charge on any atom is -0.385 e. The van der Waals surface area contributed by atoms with Crippen LogP contribution in [0.2, 0.25) is 0 Å². The molecule has 19 heavy (non-hydrogen) atoms. The van der Waals surface area contributed by atoms with Gasteiger partial charge in [-0.2, -0.15) is 0 Å². The predicted molar refractivity (Wildman–Crippen MR) is 75.0 cm³/mol. The molecule has 0 radical (unpaired) electrons. The lowest BCUT2D eigenvalue weighted by atomic mass is 10.1. The van der Waals surface area contributed by atoms with Crippen molar-refractivity contribution in [1.82, 2.24) is 5.32 Å². The van der Waals surface area contributed by atoms with E-state index in [1.165, 1.54) is 6.07 Å². The van der Waals surface area contributed by atoms with Crippen molar-refractivity contribution < 1.29 is 13.9 Å². The average molecular weight is 333 g/mol. The van der Waals surface area contributed by atoms with E-state index in [0.717, 1.165) is 10.9 Å². The van der Waals surface area contributed by atoms with E-state index in [2.05, 4.69) is 21.2 Å². The Labute approximate surface area is 120 Å². The molecule has 106 valence electrons. The molecule has 0 aliphatic heterocycles. The van der Waals surface area contributed by atoms with Crippen LogP contribution in [0.1, 0.15) is 18.4 Å². The summed E-state index contributed by atoms with van der Waals surface area (Å²) < 4.78 is 19.1. The number of methoxy groups -OCH3 is 1. The molecule has 1 rings (SSSR count). The van der Waals surface area contributed by atoms with Crippen LogP contribution in [0.5, 0.6) is 0 Å². The number of carbonyl (C=O) groups is 1. The Bertz CT molecular complexity index is 429. The maximum Gasteiger partial charge on any atom is 0.237 e. The van der Waals surface area contributed by atoms with Gasteiger partial charge in [-0.1, -0.05) is 15.9 Å². The molecule has 0 bridgehead atoms. The van der Waals surface area contributed by atoms with E-state index in [1.807, 2.05) is 0 Å². The molecular weight excluding hydrogens is 315 g/mol. The predicted octanol–water partition coefficient (Wildman–Crippen LogP) is 1.96. The largest absolute Gasteiger partial charge is 0.385 e. The number of carbonyl (C=O) groups excluding carboxylic acids is 1. The van der Waals surface area contributed by atoms with Crippen LogP contribution in [-0.2, 0) is 16.1 Å². The summed E-state index contributed by atoms with van der Waals surface area (Å²) in [7, 11) is 1.60. The fourth-order valence-electron chi connectivity index (χ4n) is 1.57. The van der Waals surface area contributed by atoms with E-state index >= 15 is 0 Å². The number of hydrogen-bond donors (Lipinski definition) is 2. The third kappa shape index (κ3) is 5.67. The first-order chi connectivity index (χ1) is 9.04. The van der Waals surface area contributed by atoms with Crippen molar-refractivity contribution in [3.8, 4) is 0 Å². The molecule has 0 aromatic heterocycles. The molecule has 1 unspecified atom stereocenters. The van der Waals surface area contributed by atoms with E-state index in [0.29, 0.717) is 18.6 Å². The van der Waals surface area contributed by atoms with Crippen molar-refractivity contribution in [3.63, 3.8) is 0 Å². The van der Waals surface area contributed by atoms with Crippen LogP contribution in [0.25, 0.3) is 0 Å². The Kier molecular flexibility index (Phi) is 6.97. The van der Waals surface area contributed by atoms with E-state index in [9.17, 15) is 9.18 Å². The SMILES string of the molecule is COCCCC(N)C(=O)NCc1cc(Br)ccc1F. The highest BCUT2D eigenvalue weighted by atomic mass is 79.9. The first kappa shape index (κ1) is 16.1. The lowest BCUT2D eigenvalue weighted by molar-refractivity contribution is -0.122. The summed E-state index contributed by atoms with van der Waals surface area (Å²) in [5, 5.41) is 2.63. The molecule has 0 saturated carbocycles. The van der Waals surface area contributed by atoms with Crippen molar-refractivity contribution >= 4 is 21.8 Å². The molecule has 6 heteroatoms. The van der Waals surface area contributed by atoms with Gasteiger partial charge in [-0.05, 0) is 31.0 Å². The molecule has 0 heterocycles. The second kappa shape index (κ2) is 8.24. The molecule has 0 fully saturated rings. The third-order valence-corrected chi connectivity index (χ3v) is 3.15. The first-order valence-corrected chi connectivity index (χ1v) is 6.80. The summed E-state index contributed by atoms with van der Waals surface area (Å²) in [5.41, 5.74) is 6.14. The zero-order valence-electron chi connectivity index (χ0n) is 10.8. The molecule has 0 aliphatic carbocycles. The van der Waals surface area contributed by atoms with E-state index in [4.69, 9.17) is 10.5 Å². The molecule has 0 aliphatic rings. The minimum atomic E-state index is -0.592. The van der Waals surface area contributed by atoms with Gasteiger partial charge in [0.2, 0.25) is 5.91 Å². The standard InChI is InChI=1S/C13H18BrFN2O2/c1-19-6-2-3-12(16)13(18)17-8-9-7-10(14)4-5-11(9)15/h4-5,7,12H,2-3,6,8,16H2,1H3,(H,17,18). The second-order valence-electron chi connectivity index (χ2n) is 4.20. The van der Waals surface area contributed by atoms with Crippen LogP contribution < -0.4 is 11.1 Å². The second-order valence-corrected chi connectivity index (χ2v) is 5.11. The van der Waals surface area contributed by atoms with Gasteiger partial charge in [-0.25, -0.2) is 4.39 Å². The highest BCUT2D eigenvalue weighted by molar-refractivity contribution is 9.10. The summed E-state index contributed by atoms with van der Waals surface area (Å²) in [5.74, 6) is -0.632. The van der Waals surface area contributed by atoms with Gasteiger partial charge in [-0.3, -0.25) is 4.79 Å². The minimum absolute atomic E-state index is 0.127. The maximum absolute atomic E-state index is 13.4. The van der Waals surface area contributed by atoms with Gasteiger partial charge in [0.25, 0.3) is 0 Å². The Morgan fingerprint density at radius 3 is 3.00 bits per heavy atom. The number of ether oxygens (including phenoxy) is 1. The number of benzene rings is 1. The molecule has 1 aromatic rings. The zero-order valence-corrected chi connectivity index (χ0v) is 12.4. The van der Waals surface area contributed by atoms with Crippen molar-refractivity contribution in [2.75, 3.05) is 13.7 Å². The molecule has 1 atom stereocenters. The first-order valence-electron chi connectivity index (χ1n) is 6.00. The summed E-state index contributed by atoms with van der Waals surface area (Å²) in [6.07, 6.45) is 1.26. The normalized spacial score (nSPS) is 12.2. The number of hydrogen-bond acceptors (Lipinski definition) is 3. The monoisotopic (exact) mass is 332 g/mol. The van der Waals surface area contributed by atoms with Crippen LogP contribution in [0.3, 0.4) is 0 Å². The van der Waals surface area contributed by atoms with Crippen molar-refractivity contribution in [2.45, 2.75) is 25.4 Å². The van der Waals surface area contributed by atoms with Crippen molar-refractivity contribution in [3.05, 3.63) is 34.1 Å². The number of rotatable bonds is 7. The molecule has 3 N–H and O–H groups in total. The van der Waals surface area contributed by atoms with Gasteiger partial charge in [0.1, 0.15) is 5.82 Å². The summed E-state index contributed by atoms with van der Waals surface area (Å²) in [6, 6.07) is 4.00. The van der Waals surface area contributed by atoms with Gasteiger partial charge in [0.05, 0.1) is 6.04 Å². The van der Waals surface area contributed by atoms with Gasteiger partial charge < -0.3 is 15.8 Å². The van der Waals surface area contributed by atoms with Crippen LogP contribution in [-0.4, -0.2) is 25.7 Å². The highest BCUT2D eigenvalue weighted by Crippen LogP contribution is 2.15. The molecule has 4 nitrogen and oxygen atoms in total. The van der Waals surface area contributed by atoms with Crippen LogP contribution >= 0.6 is 15.9 Å². The summed E-state index contributed by atoms with van der Waals surface area (Å²) >= 11 is 3.26. The zero-order chi connectivity index (χ0) is 14.3. The number of nitrogens with two attached hydrogens (primary N) is 1. The van der Waals surface area contributed by atoms with Gasteiger partial charge in [0.15, 0.2) is 0 Å². The van der Waals surface area contributed by atoms with Crippen molar-refractivity contribution in [2.24, 2.45) is 5.73 Å². The Morgan fingerprint density at radius 2 is 2.32 bits per heavy atom. The smallest absolute Gasteiger partial charge is 0.237 e. The summed E-state index contributed by atoms with van der Waals surface area (Å²) in [4.78, 5) is 11.7. The Morgan fingerprint density at radius 1 is 1.58 bits per heavy atom. The van der Waals surface area contributed by atoms with E-state index < -0.39 is 6.04 Å². The van der Waals surface area contributed by atoms with Crippen LogP contribution in [0.15, 0.2) is 22.7 Å². The number of amides is 1. The summed E-state index contributed by atoms with van der Waals surface area (Å²) in [6.45, 7) is 0.698. The average Bonchev–Trinajstić information content (AvgIpc) is 2.39. The molecule has 0 saturated heterocycles. The molecule has 1 aromatic carbocycles. The lowest BCUT2D eigenvalue weighted by Gasteiger charge is -2.12. The molecular formula is C13H18BrFN2O2. The molecule has 0 spiro atoms. The Balaban J connectivity index is 2.43. The molecule has 1 amide bonds. The highest BCUT2D eigenvalue weighted by Gasteiger charge is 2.13. The maximum atomic E-state index is 13.4. The third-order valence-electron chi connectivity index (χ3n) is 2.66. The van der Waals surface area contributed by atoms with Crippen molar-refractivity contribution in [1.29, 1.82) is 0 Å². The van der Waals surface area contributed by atoms with Crippen LogP contribution in [0, 0.1) is 5.82 Å². The number of nitrogens with one attached hydrogen (secondary N) is 1. The van der Waals surface area contributed by atoms with E-state index in [-0.39, 0.29) is 18.3 Å². The van der Waals surface area contributed by atoms with Gasteiger partial charge in [0, 0.05) is 30.3 Å². The topological polar surface area (TPSA) is 64.3 Å². The van der Waals surface area contributed by atoms with E-state index in [1.54, 1.807) is 19.2 Å². The van der Waals surface area contributed by atoms with Gasteiger partial charge in [-0.15, -0.1) is 0 Å². The Hall–Kier alpha value is -0.980. The fraction of sp³-hybridized carbons (Fsp3) is 0.462. The fourth-order valence-corrected chi connectivity index (χ4v) is 1.98. The van der Waals surface area contributed by atoms with Gasteiger partial charge >= 0.3 is 0 Å². The lowest BCUT2D eigenvalue weighted by Crippen LogP contribution is -2.40. The number of halogens is 2. The van der Waals surface area contributed by atoms with Crippen LogP contribution in [0.4, 0.5) is 4.39 Å².